The zero-order valence-corrected chi connectivity index (χ0v) is 13.7. The lowest BCUT2D eigenvalue weighted by atomic mass is 10.0. The summed E-state index contributed by atoms with van der Waals surface area (Å²) < 4.78 is 25.0. The van der Waals surface area contributed by atoms with Gasteiger partial charge in [-0.2, -0.15) is 0 Å². The van der Waals surface area contributed by atoms with Gasteiger partial charge in [0.15, 0.2) is 9.84 Å². The Balaban J connectivity index is 1.53. The van der Waals surface area contributed by atoms with Crippen LogP contribution in [0.15, 0.2) is 17.5 Å². The van der Waals surface area contributed by atoms with E-state index < -0.39 is 9.84 Å². The standard InChI is InChI=1S/C15H21NO3S2/c17-15(9-12-5-4-8-20-12)16-10-14(11-16)21(18,19)13-6-2-1-3-7-13/h4-5,8,13-14H,1-3,6-7,9-11H2. The number of sulfone groups is 1. The first-order chi connectivity index (χ1) is 10.1. The highest BCUT2D eigenvalue weighted by Gasteiger charge is 2.43. The van der Waals surface area contributed by atoms with Gasteiger partial charge >= 0.3 is 0 Å². The third kappa shape index (κ3) is 3.16. The lowest BCUT2D eigenvalue weighted by molar-refractivity contribution is -0.133. The largest absolute Gasteiger partial charge is 0.340 e. The summed E-state index contributed by atoms with van der Waals surface area (Å²) in [5.41, 5.74) is 0. The second kappa shape index (κ2) is 6.08. The molecule has 1 aromatic rings. The van der Waals surface area contributed by atoms with Crippen LogP contribution in [0.1, 0.15) is 37.0 Å². The molecule has 2 heterocycles. The van der Waals surface area contributed by atoms with Crippen LogP contribution in [0.2, 0.25) is 0 Å². The van der Waals surface area contributed by atoms with Crippen molar-refractivity contribution in [3.8, 4) is 0 Å². The van der Waals surface area contributed by atoms with Crippen LogP contribution in [-0.2, 0) is 21.1 Å². The van der Waals surface area contributed by atoms with Crippen LogP contribution in [0.5, 0.6) is 0 Å². The van der Waals surface area contributed by atoms with Gasteiger partial charge in [0.25, 0.3) is 0 Å². The van der Waals surface area contributed by atoms with Crippen molar-refractivity contribution in [2.24, 2.45) is 0 Å². The molecule has 1 saturated heterocycles. The molecule has 21 heavy (non-hydrogen) atoms. The molecule has 116 valence electrons. The van der Waals surface area contributed by atoms with Crippen LogP contribution >= 0.6 is 11.3 Å². The maximum Gasteiger partial charge on any atom is 0.227 e. The predicted molar refractivity (Wildman–Crippen MR) is 84.2 cm³/mol. The third-order valence-corrected chi connectivity index (χ3v) is 8.09. The van der Waals surface area contributed by atoms with Crippen LogP contribution in [-0.4, -0.2) is 42.8 Å². The van der Waals surface area contributed by atoms with Crippen LogP contribution < -0.4 is 0 Å². The van der Waals surface area contributed by atoms with E-state index in [1.54, 1.807) is 16.2 Å². The average Bonchev–Trinajstić information content (AvgIpc) is 2.90. The average molecular weight is 327 g/mol. The van der Waals surface area contributed by atoms with Gasteiger partial charge in [-0.1, -0.05) is 25.3 Å². The molecule has 2 aliphatic rings. The van der Waals surface area contributed by atoms with E-state index >= 15 is 0 Å². The van der Waals surface area contributed by atoms with E-state index in [4.69, 9.17) is 0 Å². The minimum Gasteiger partial charge on any atom is -0.340 e. The molecule has 0 N–H and O–H groups in total. The molecule has 0 aromatic carbocycles. The Kier molecular flexibility index (Phi) is 4.36. The monoisotopic (exact) mass is 327 g/mol. The second-order valence-electron chi connectivity index (χ2n) is 6.03. The summed E-state index contributed by atoms with van der Waals surface area (Å²) in [6, 6.07) is 3.87. The number of carbonyl (C=O) groups is 1. The molecule has 2 fully saturated rings. The van der Waals surface area contributed by atoms with Crippen molar-refractivity contribution >= 4 is 27.1 Å². The number of hydrogen-bond donors (Lipinski definition) is 0. The number of rotatable bonds is 4. The molecular formula is C15H21NO3S2. The van der Waals surface area contributed by atoms with Crippen molar-refractivity contribution in [2.75, 3.05) is 13.1 Å². The van der Waals surface area contributed by atoms with Gasteiger partial charge in [0, 0.05) is 18.0 Å². The van der Waals surface area contributed by atoms with Crippen molar-refractivity contribution < 1.29 is 13.2 Å². The number of hydrogen-bond acceptors (Lipinski definition) is 4. The lowest BCUT2D eigenvalue weighted by Gasteiger charge is -2.40. The molecule has 4 nitrogen and oxygen atoms in total. The van der Waals surface area contributed by atoms with E-state index in [9.17, 15) is 13.2 Å². The van der Waals surface area contributed by atoms with E-state index in [-0.39, 0.29) is 16.4 Å². The summed E-state index contributed by atoms with van der Waals surface area (Å²) in [5.74, 6) is 0.0487. The zero-order chi connectivity index (χ0) is 14.9. The third-order valence-electron chi connectivity index (χ3n) is 4.59. The van der Waals surface area contributed by atoms with Crippen LogP contribution in [0, 0.1) is 0 Å². The molecule has 0 radical (unpaired) electrons. The predicted octanol–water partition coefficient (Wildman–Crippen LogP) is 2.25. The molecule has 1 aliphatic heterocycles. The molecule has 0 unspecified atom stereocenters. The Morgan fingerprint density at radius 1 is 1.19 bits per heavy atom. The molecule has 1 aromatic heterocycles. The second-order valence-corrected chi connectivity index (χ2v) is 9.57. The molecule has 0 spiro atoms. The topological polar surface area (TPSA) is 54.5 Å². The Hall–Kier alpha value is -0.880. The summed E-state index contributed by atoms with van der Waals surface area (Å²) in [7, 11) is -3.05. The highest BCUT2D eigenvalue weighted by molar-refractivity contribution is 7.92. The summed E-state index contributed by atoms with van der Waals surface area (Å²) >= 11 is 1.57. The van der Waals surface area contributed by atoms with E-state index in [1.807, 2.05) is 17.5 Å². The molecule has 6 heteroatoms. The lowest BCUT2D eigenvalue weighted by Crippen LogP contribution is -2.59. The van der Waals surface area contributed by atoms with Crippen LogP contribution in [0.25, 0.3) is 0 Å². The van der Waals surface area contributed by atoms with E-state index in [2.05, 4.69) is 0 Å². The Labute approximate surface area is 130 Å². The first kappa shape index (κ1) is 15.0. The SMILES string of the molecule is O=C(Cc1cccs1)N1CC(S(=O)(=O)C2CCCCC2)C1. The smallest absolute Gasteiger partial charge is 0.227 e. The number of likely N-dealkylation sites (tertiary alicyclic amines) is 1. The minimum atomic E-state index is -3.05. The summed E-state index contributed by atoms with van der Waals surface area (Å²) in [4.78, 5) is 14.8. The first-order valence-corrected chi connectivity index (χ1v) is 10.1. The van der Waals surface area contributed by atoms with E-state index in [0.29, 0.717) is 19.5 Å². The van der Waals surface area contributed by atoms with Gasteiger partial charge in [-0.15, -0.1) is 11.3 Å². The van der Waals surface area contributed by atoms with Crippen molar-refractivity contribution in [1.29, 1.82) is 0 Å². The summed E-state index contributed by atoms with van der Waals surface area (Å²) in [5, 5.41) is 1.47. The number of nitrogens with zero attached hydrogens (tertiary/aromatic N) is 1. The fourth-order valence-corrected chi connectivity index (χ4v) is 6.20. The zero-order valence-electron chi connectivity index (χ0n) is 12.0. The van der Waals surface area contributed by atoms with Crippen LogP contribution in [0.4, 0.5) is 0 Å². The maximum atomic E-state index is 12.5. The fraction of sp³-hybridized carbons (Fsp3) is 0.667. The van der Waals surface area contributed by atoms with Crippen molar-refractivity contribution in [1.82, 2.24) is 4.90 Å². The van der Waals surface area contributed by atoms with Crippen molar-refractivity contribution in [3.63, 3.8) is 0 Å². The Morgan fingerprint density at radius 3 is 2.52 bits per heavy atom. The van der Waals surface area contributed by atoms with Crippen molar-refractivity contribution in [3.05, 3.63) is 22.4 Å². The van der Waals surface area contributed by atoms with Crippen molar-refractivity contribution in [2.45, 2.75) is 49.0 Å². The molecule has 0 atom stereocenters. The van der Waals surface area contributed by atoms with Gasteiger partial charge in [-0.3, -0.25) is 4.79 Å². The van der Waals surface area contributed by atoms with Gasteiger partial charge in [0.1, 0.15) is 0 Å². The van der Waals surface area contributed by atoms with Crippen LogP contribution in [0.3, 0.4) is 0 Å². The van der Waals surface area contributed by atoms with Gasteiger partial charge in [-0.05, 0) is 24.3 Å². The quantitative estimate of drug-likeness (QED) is 0.852. The van der Waals surface area contributed by atoms with Gasteiger partial charge in [0.2, 0.25) is 5.91 Å². The maximum absolute atomic E-state index is 12.5. The number of amides is 1. The summed E-state index contributed by atoms with van der Waals surface area (Å²) in [6.07, 6.45) is 5.22. The molecule has 0 bridgehead atoms. The highest BCUT2D eigenvalue weighted by Crippen LogP contribution is 2.30. The number of carbonyl (C=O) groups excluding carboxylic acids is 1. The molecule has 1 amide bonds. The van der Waals surface area contributed by atoms with Gasteiger partial charge in [0.05, 0.1) is 16.9 Å². The first-order valence-electron chi connectivity index (χ1n) is 7.60. The van der Waals surface area contributed by atoms with E-state index in [0.717, 1.165) is 37.0 Å². The Bertz CT molecular complexity index is 582. The normalized spacial score (nSPS) is 21.2. The van der Waals surface area contributed by atoms with Gasteiger partial charge < -0.3 is 4.90 Å². The number of thiophene rings is 1. The molecular weight excluding hydrogens is 306 g/mol. The molecule has 1 aliphatic carbocycles. The highest BCUT2D eigenvalue weighted by atomic mass is 32.2. The summed E-state index contributed by atoms with van der Waals surface area (Å²) in [6.45, 7) is 0.784. The Morgan fingerprint density at radius 2 is 1.90 bits per heavy atom. The fourth-order valence-electron chi connectivity index (χ4n) is 3.19. The minimum absolute atomic E-state index is 0.0487. The molecule has 3 rings (SSSR count). The van der Waals surface area contributed by atoms with Gasteiger partial charge in [-0.25, -0.2) is 8.42 Å². The molecule has 1 saturated carbocycles. The van der Waals surface area contributed by atoms with E-state index in [1.165, 1.54) is 0 Å².